The summed E-state index contributed by atoms with van der Waals surface area (Å²) in [5.41, 5.74) is 0.757. The molecular formula is C20H17F7N4O3. The second kappa shape index (κ2) is 8.65. The van der Waals surface area contributed by atoms with Gasteiger partial charge >= 0.3 is 18.6 Å². The molecule has 14 heteroatoms. The Bertz CT molecular complexity index is 1110. The average Bonchev–Trinajstić information content (AvgIpc) is 2.69. The maximum Gasteiger partial charge on any atom is 0.573 e. The molecule has 34 heavy (non-hydrogen) atoms. The highest BCUT2D eigenvalue weighted by atomic mass is 19.4. The highest BCUT2D eigenvalue weighted by Crippen LogP contribution is 2.42. The molecule has 2 atom stereocenters. The molecule has 0 radical (unpaired) electrons. The van der Waals surface area contributed by atoms with Gasteiger partial charge < -0.3 is 20.7 Å². The molecule has 0 saturated carbocycles. The third kappa shape index (κ3) is 4.84. The van der Waals surface area contributed by atoms with Crippen molar-refractivity contribution in [3.8, 4) is 5.75 Å². The van der Waals surface area contributed by atoms with Gasteiger partial charge in [-0.05, 0) is 36.8 Å². The fourth-order valence-corrected chi connectivity index (χ4v) is 3.93. The number of urea groups is 1. The number of amides is 3. The Morgan fingerprint density at radius 3 is 2.47 bits per heavy atom. The molecule has 3 N–H and O–H groups in total. The van der Waals surface area contributed by atoms with Crippen LogP contribution in [0.15, 0.2) is 36.4 Å². The third-order valence-corrected chi connectivity index (χ3v) is 5.33. The first-order chi connectivity index (χ1) is 15.6. The smallest absolute Gasteiger partial charge is 0.406 e. The van der Waals surface area contributed by atoms with Gasteiger partial charge in [0.25, 0.3) is 0 Å². The first-order valence-corrected chi connectivity index (χ1v) is 9.59. The van der Waals surface area contributed by atoms with E-state index in [1.807, 2.05) is 0 Å². The zero-order valence-corrected chi connectivity index (χ0v) is 17.3. The number of hydrogen-bond acceptors (Lipinski definition) is 4. The molecule has 184 valence electrons. The van der Waals surface area contributed by atoms with Gasteiger partial charge in [0.1, 0.15) is 11.3 Å². The summed E-state index contributed by atoms with van der Waals surface area (Å²) >= 11 is 0. The lowest BCUT2D eigenvalue weighted by molar-refractivity contribution is -0.274. The van der Waals surface area contributed by atoms with Gasteiger partial charge in [0.05, 0.1) is 11.6 Å². The van der Waals surface area contributed by atoms with Gasteiger partial charge in [-0.3, -0.25) is 4.79 Å². The van der Waals surface area contributed by atoms with Crippen LogP contribution in [0.25, 0.3) is 0 Å². The topological polar surface area (TPSA) is 97.6 Å². The number of benzene rings is 1. The van der Waals surface area contributed by atoms with Crippen LogP contribution in [0, 0.1) is 5.82 Å². The van der Waals surface area contributed by atoms with Gasteiger partial charge in [-0.2, -0.15) is 13.2 Å². The number of aromatic nitrogens is 1. The Kier molecular flexibility index (Phi) is 6.37. The van der Waals surface area contributed by atoms with E-state index in [0.29, 0.717) is 6.07 Å². The fraction of sp³-hybridized carbons (Fsp3) is 0.350. The zero-order chi connectivity index (χ0) is 25.5. The summed E-state index contributed by atoms with van der Waals surface area (Å²) in [5, 5.41) is 2.46. The lowest BCUT2D eigenvalue weighted by Gasteiger charge is -2.47. The van der Waals surface area contributed by atoms with Gasteiger partial charge in [0.2, 0.25) is 5.91 Å². The van der Waals surface area contributed by atoms with E-state index < -0.39 is 58.9 Å². The van der Waals surface area contributed by atoms with E-state index in [-0.39, 0.29) is 18.7 Å². The minimum atomic E-state index is -5.22. The first-order valence-electron chi connectivity index (χ1n) is 9.59. The van der Waals surface area contributed by atoms with Crippen LogP contribution in [-0.2, 0) is 11.0 Å². The normalized spacial score (nSPS) is 20.0. The van der Waals surface area contributed by atoms with Crippen LogP contribution >= 0.6 is 0 Å². The average molecular weight is 494 g/mol. The Morgan fingerprint density at radius 1 is 1.21 bits per heavy atom. The molecule has 3 amide bonds. The summed E-state index contributed by atoms with van der Waals surface area (Å²) in [6.45, 7) is 0.985. The Labute approximate surface area is 187 Å². The molecule has 0 bridgehead atoms. The molecule has 1 fully saturated rings. The van der Waals surface area contributed by atoms with E-state index in [9.17, 15) is 40.3 Å². The highest BCUT2D eigenvalue weighted by molar-refractivity contribution is 5.93. The van der Waals surface area contributed by atoms with Crippen molar-refractivity contribution in [3.63, 3.8) is 0 Å². The van der Waals surface area contributed by atoms with Crippen LogP contribution < -0.4 is 15.8 Å². The number of alkyl halides is 6. The molecule has 2 aromatic rings. The third-order valence-electron chi connectivity index (χ3n) is 5.33. The number of rotatable bonds is 4. The van der Waals surface area contributed by atoms with E-state index in [2.05, 4.69) is 15.0 Å². The number of pyridine rings is 1. The lowest BCUT2D eigenvalue weighted by atomic mass is 9.75. The first kappa shape index (κ1) is 25.1. The molecule has 1 aromatic heterocycles. The number of ether oxygens (including phenoxy) is 1. The van der Waals surface area contributed by atoms with Crippen molar-refractivity contribution in [3.05, 3.63) is 59.2 Å². The number of nitrogens with zero attached hydrogens (tertiary/aromatic N) is 2. The van der Waals surface area contributed by atoms with Gasteiger partial charge in [0, 0.05) is 13.1 Å². The van der Waals surface area contributed by atoms with Crippen LogP contribution in [0.2, 0.25) is 0 Å². The minimum Gasteiger partial charge on any atom is -0.406 e. The second-order valence-corrected chi connectivity index (χ2v) is 7.51. The van der Waals surface area contributed by atoms with Gasteiger partial charge in [-0.1, -0.05) is 12.1 Å². The number of nitrogens with two attached hydrogens (primary N) is 1. The van der Waals surface area contributed by atoms with E-state index in [4.69, 9.17) is 5.73 Å². The molecule has 1 aliphatic heterocycles. The van der Waals surface area contributed by atoms with E-state index in [1.54, 1.807) is 0 Å². The van der Waals surface area contributed by atoms with Crippen LogP contribution in [0.1, 0.15) is 29.8 Å². The molecule has 1 saturated heterocycles. The van der Waals surface area contributed by atoms with Crippen molar-refractivity contribution < 1.29 is 45.1 Å². The number of nitrogens with one attached hydrogen (secondary N) is 1. The number of halogens is 7. The molecule has 2 heterocycles. The molecule has 1 aliphatic rings. The molecule has 7 nitrogen and oxygen atoms in total. The highest BCUT2D eigenvalue weighted by Gasteiger charge is 2.52. The summed E-state index contributed by atoms with van der Waals surface area (Å²) in [6.07, 6.45) is -10.3. The molecule has 1 unspecified atom stereocenters. The maximum absolute atomic E-state index is 13.9. The number of primary amides is 1. The van der Waals surface area contributed by atoms with Crippen LogP contribution in [0.4, 0.5) is 35.5 Å². The number of hydrogen-bond donors (Lipinski definition) is 2. The zero-order valence-electron chi connectivity index (χ0n) is 17.3. The predicted molar refractivity (Wildman–Crippen MR) is 102 cm³/mol. The monoisotopic (exact) mass is 494 g/mol. The molecule has 1 aromatic carbocycles. The SMILES string of the molecule is CC1([C@@H](c2cccc(OC(F)(F)F)c2)c2ccc(F)c(C(F)(F)F)n2)C(=O)NCCN1C(N)=O. The maximum atomic E-state index is 13.9. The molecule has 0 aliphatic carbocycles. The summed E-state index contributed by atoms with van der Waals surface area (Å²) in [4.78, 5) is 29.4. The second-order valence-electron chi connectivity index (χ2n) is 7.51. The van der Waals surface area contributed by atoms with Crippen LogP contribution in [0.5, 0.6) is 5.75 Å². The molecule has 3 rings (SSSR count). The van der Waals surface area contributed by atoms with Crippen molar-refractivity contribution in [1.82, 2.24) is 15.2 Å². The Balaban J connectivity index is 2.29. The summed E-state index contributed by atoms with van der Waals surface area (Å²) in [6, 6.07) is 4.29. The molecule has 0 spiro atoms. The van der Waals surface area contributed by atoms with Crippen molar-refractivity contribution >= 4 is 11.9 Å². The predicted octanol–water partition coefficient (Wildman–Crippen LogP) is 3.54. The van der Waals surface area contributed by atoms with Crippen molar-refractivity contribution in [2.45, 2.75) is 30.9 Å². The standard InChI is InChI=1S/C20H17F7N4O3/c1-18(16(32)29-7-8-31(18)17(28)33)14(10-3-2-4-11(9-10)34-20(25,26)27)13-6-5-12(21)15(30-13)19(22,23)24/h2-6,9,14H,7-8H2,1H3,(H2,28,33)(H,29,32)/t14-,18?/m0/s1. The number of carbonyl (C=O) groups excluding carboxylic acids is 2. The Morgan fingerprint density at radius 2 is 1.88 bits per heavy atom. The van der Waals surface area contributed by atoms with Gasteiger partial charge in [-0.15, -0.1) is 13.2 Å². The van der Waals surface area contributed by atoms with E-state index >= 15 is 0 Å². The van der Waals surface area contributed by atoms with Crippen LogP contribution in [-0.4, -0.2) is 46.8 Å². The van der Waals surface area contributed by atoms with Crippen LogP contribution in [0.3, 0.4) is 0 Å². The van der Waals surface area contributed by atoms with E-state index in [1.165, 1.54) is 13.0 Å². The minimum absolute atomic E-state index is 0.0358. The molecular weight excluding hydrogens is 477 g/mol. The van der Waals surface area contributed by atoms with Gasteiger partial charge in [0.15, 0.2) is 11.5 Å². The summed E-state index contributed by atoms with van der Waals surface area (Å²) in [5.74, 6) is -4.89. The summed E-state index contributed by atoms with van der Waals surface area (Å²) in [7, 11) is 0. The Hall–Kier alpha value is -3.58. The quantitative estimate of drug-likeness (QED) is 0.636. The van der Waals surface area contributed by atoms with Crippen molar-refractivity contribution in [1.29, 1.82) is 0 Å². The number of carbonyl (C=O) groups is 2. The lowest BCUT2D eigenvalue weighted by Crippen LogP contribution is -2.68. The van der Waals surface area contributed by atoms with Crippen molar-refractivity contribution in [2.75, 3.05) is 13.1 Å². The van der Waals surface area contributed by atoms with Crippen molar-refractivity contribution in [2.24, 2.45) is 5.73 Å². The van der Waals surface area contributed by atoms with Gasteiger partial charge in [-0.25, -0.2) is 14.2 Å². The number of piperazine rings is 1. The summed E-state index contributed by atoms with van der Waals surface area (Å²) < 4.78 is 96.1. The fourth-order valence-electron chi connectivity index (χ4n) is 3.93. The largest absolute Gasteiger partial charge is 0.573 e. The van der Waals surface area contributed by atoms with E-state index in [0.717, 1.165) is 29.2 Å².